The number of benzene rings is 1. The van der Waals surface area contributed by atoms with Gasteiger partial charge < -0.3 is 14.5 Å². The Hall–Kier alpha value is -2.74. The summed E-state index contributed by atoms with van der Waals surface area (Å²) < 4.78 is 33.6. The van der Waals surface area contributed by atoms with Crippen LogP contribution in [0.1, 0.15) is 45.5 Å². The normalized spacial score (nSPS) is 17.7. The van der Waals surface area contributed by atoms with Crippen molar-refractivity contribution in [2.24, 2.45) is 5.41 Å². The number of hydrogen-bond donors (Lipinski definition) is 0. The molecular formula is C23H24ClF2N3O3. The Morgan fingerprint density at radius 2 is 1.72 bits per heavy atom. The van der Waals surface area contributed by atoms with E-state index in [0.29, 0.717) is 44.6 Å². The lowest BCUT2D eigenvalue weighted by Crippen LogP contribution is -2.45. The second-order valence-corrected chi connectivity index (χ2v) is 8.93. The van der Waals surface area contributed by atoms with E-state index in [1.165, 1.54) is 31.1 Å². The molecule has 2 aliphatic rings. The van der Waals surface area contributed by atoms with Gasteiger partial charge in [0.2, 0.25) is 5.88 Å². The molecule has 1 aromatic heterocycles. The summed E-state index contributed by atoms with van der Waals surface area (Å²) in [5.41, 5.74) is 0.0439. The van der Waals surface area contributed by atoms with Gasteiger partial charge in [-0.05, 0) is 49.3 Å². The summed E-state index contributed by atoms with van der Waals surface area (Å²) in [6.45, 7) is 3.44. The minimum absolute atomic E-state index is 0.114. The molecule has 2 aliphatic heterocycles. The molecule has 6 nitrogen and oxygen atoms in total. The highest BCUT2D eigenvalue weighted by Crippen LogP contribution is 2.41. The number of methoxy groups -OCH3 is 1. The van der Waals surface area contributed by atoms with Crippen molar-refractivity contribution in [3.05, 3.63) is 57.7 Å². The molecule has 2 saturated heterocycles. The molecule has 2 fully saturated rings. The Morgan fingerprint density at radius 3 is 2.38 bits per heavy atom. The van der Waals surface area contributed by atoms with E-state index in [1.807, 2.05) is 0 Å². The van der Waals surface area contributed by atoms with Crippen molar-refractivity contribution in [2.45, 2.75) is 26.2 Å². The van der Waals surface area contributed by atoms with Gasteiger partial charge in [-0.1, -0.05) is 17.7 Å². The highest BCUT2D eigenvalue weighted by Gasteiger charge is 2.43. The highest BCUT2D eigenvalue weighted by molar-refractivity contribution is 6.29. The largest absolute Gasteiger partial charge is 0.481 e. The summed E-state index contributed by atoms with van der Waals surface area (Å²) in [4.78, 5) is 33.1. The number of aromatic nitrogens is 1. The van der Waals surface area contributed by atoms with Gasteiger partial charge in [0.15, 0.2) is 0 Å². The number of aryl methyl sites for hydroxylation is 1. The quantitative estimate of drug-likeness (QED) is 0.643. The smallest absolute Gasteiger partial charge is 0.259 e. The maximum absolute atomic E-state index is 14.4. The Morgan fingerprint density at radius 1 is 1.06 bits per heavy atom. The van der Waals surface area contributed by atoms with E-state index in [-0.39, 0.29) is 27.9 Å². The first kappa shape index (κ1) is 22.5. The molecular weight excluding hydrogens is 440 g/mol. The van der Waals surface area contributed by atoms with E-state index in [4.69, 9.17) is 16.3 Å². The van der Waals surface area contributed by atoms with Gasteiger partial charge in [-0.2, -0.15) is 0 Å². The van der Waals surface area contributed by atoms with E-state index >= 15 is 0 Å². The molecule has 0 atom stereocenters. The SMILES string of the molecule is COc1cc(C(=O)N2CCC3(CCN(C(=O)c4c(F)ccc(C)c4F)CC3)C2)cc(Cl)n1. The zero-order valence-electron chi connectivity index (χ0n) is 18.0. The molecule has 0 unspecified atom stereocenters. The predicted molar refractivity (Wildman–Crippen MR) is 115 cm³/mol. The summed E-state index contributed by atoms with van der Waals surface area (Å²) in [5.74, 6) is -2.14. The summed E-state index contributed by atoms with van der Waals surface area (Å²) in [5, 5.41) is 0.184. The second-order valence-electron chi connectivity index (χ2n) is 8.54. The monoisotopic (exact) mass is 463 g/mol. The van der Waals surface area contributed by atoms with Crippen LogP contribution in [0.15, 0.2) is 24.3 Å². The molecule has 0 saturated carbocycles. The first-order valence-electron chi connectivity index (χ1n) is 10.5. The Balaban J connectivity index is 1.43. The number of carbonyl (C=O) groups excluding carboxylic acids is 2. The van der Waals surface area contributed by atoms with Crippen molar-refractivity contribution < 1.29 is 23.1 Å². The van der Waals surface area contributed by atoms with E-state index < -0.39 is 23.1 Å². The van der Waals surface area contributed by atoms with Gasteiger partial charge in [0.25, 0.3) is 11.8 Å². The van der Waals surface area contributed by atoms with E-state index in [0.717, 1.165) is 12.5 Å². The topological polar surface area (TPSA) is 62.7 Å². The van der Waals surface area contributed by atoms with Crippen LogP contribution in [-0.4, -0.2) is 59.9 Å². The molecule has 0 radical (unpaired) electrons. The molecule has 1 aromatic carbocycles. The lowest BCUT2D eigenvalue weighted by atomic mass is 9.77. The van der Waals surface area contributed by atoms with Gasteiger partial charge in [0.05, 0.1) is 7.11 Å². The fourth-order valence-corrected chi connectivity index (χ4v) is 4.80. The van der Waals surface area contributed by atoms with Crippen LogP contribution in [0.4, 0.5) is 8.78 Å². The van der Waals surface area contributed by atoms with E-state index in [9.17, 15) is 18.4 Å². The van der Waals surface area contributed by atoms with E-state index in [2.05, 4.69) is 4.98 Å². The summed E-state index contributed by atoms with van der Waals surface area (Å²) in [6.07, 6.45) is 2.14. The number of pyridine rings is 1. The number of halogens is 3. The Kier molecular flexibility index (Phi) is 6.07. The molecule has 2 amide bonds. The highest BCUT2D eigenvalue weighted by atomic mass is 35.5. The van der Waals surface area contributed by atoms with Gasteiger partial charge in [0.1, 0.15) is 22.4 Å². The molecule has 1 spiro atoms. The van der Waals surface area contributed by atoms with Gasteiger partial charge in [-0.3, -0.25) is 9.59 Å². The van der Waals surface area contributed by atoms with Crippen LogP contribution in [0.25, 0.3) is 0 Å². The van der Waals surface area contributed by atoms with Gasteiger partial charge in [-0.15, -0.1) is 0 Å². The molecule has 0 aliphatic carbocycles. The minimum Gasteiger partial charge on any atom is -0.481 e. The second kappa shape index (κ2) is 8.65. The van der Waals surface area contributed by atoms with Gasteiger partial charge >= 0.3 is 0 Å². The van der Waals surface area contributed by atoms with Crippen molar-refractivity contribution in [3.8, 4) is 5.88 Å². The van der Waals surface area contributed by atoms with E-state index in [1.54, 1.807) is 11.0 Å². The van der Waals surface area contributed by atoms with Gasteiger partial charge in [0, 0.05) is 37.8 Å². The van der Waals surface area contributed by atoms with Crippen LogP contribution in [0.5, 0.6) is 5.88 Å². The van der Waals surface area contributed by atoms with Crippen molar-refractivity contribution in [1.82, 2.24) is 14.8 Å². The first-order chi connectivity index (χ1) is 15.2. The average Bonchev–Trinajstić information content (AvgIpc) is 3.19. The molecule has 3 heterocycles. The van der Waals surface area contributed by atoms with Crippen molar-refractivity contribution in [1.29, 1.82) is 0 Å². The molecule has 4 rings (SSSR count). The fraction of sp³-hybridized carbons (Fsp3) is 0.435. The number of carbonyl (C=O) groups is 2. The van der Waals surface area contributed by atoms with Crippen LogP contribution >= 0.6 is 11.6 Å². The third-order valence-electron chi connectivity index (χ3n) is 6.56. The first-order valence-corrected chi connectivity index (χ1v) is 10.9. The van der Waals surface area contributed by atoms with Crippen LogP contribution in [0.3, 0.4) is 0 Å². The predicted octanol–water partition coefficient (Wildman–Crippen LogP) is 4.10. The number of amides is 2. The number of piperidine rings is 1. The third-order valence-corrected chi connectivity index (χ3v) is 6.76. The third kappa shape index (κ3) is 4.16. The molecule has 32 heavy (non-hydrogen) atoms. The molecule has 170 valence electrons. The number of likely N-dealkylation sites (tertiary alicyclic amines) is 2. The lowest BCUT2D eigenvalue weighted by molar-refractivity contribution is 0.0557. The molecule has 2 aromatic rings. The average molecular weight is 464 g/mol. The van der Waals surface area contributed by atoms with Crippen LogP contribution in [-0.2, 0) is 0 Å². The maximum Gasteiger partial charge on any atom is 0.259 e. The lowest BCUT2D eigenvalue weighted by Gasteiger charge is -2.39. The summed E-state index contributed by atoms with van der Waals surface area (Å²) in [7, 11) is 1.46. The summed E-state index contributed by atoms with van der Waals surface area (Å²) in [6, 6.07) is 5.52. The van der Waals surface area contributed by atoms with Gasteiger partial charge in [-0.25, -0.2) is 13.8 Å². The van der Waals surface area contributed by atoms with Crippen LogP contribution in [0, 0.1) is 24.0 Å². The molecule has 9 heteroatoms. The van der Waals surface area contributed by atoms with Crippen molar-refractivity contribution in [2.75, 3.05) is 33.3 Å². The number of hydrogen-bond acceptors (Lipinski definition) is 4. The van der Waals surface area contributed by atoms with Crippen molar-refractivity contribution in [3.63, 3.8) is 0 Å². The zero-order chi connectivity index (χ0) is 23.0. The fourth-order valence-electron chi connectivity index (χ4n) is 4.60. The maximum atomic E-state index is 14.4. The van der Waals surface area contributed by atoms with Crippen LogP contribution < -0.4 is 4.74 Å². The molecule has 0 bridgehead atoms. The Labute approximate surface area is 190 Å². The minimum atomic E-state index is -0.845. The Bertz CT molecular complexity index is 1070. The van der Waals surface area contributed by atoms with Crippen molar-refractivity contribution >= 4 is 23.4 Å². The number of rotatable bonds is 3. The number of nitrogens with zero attached hydrogens (tertiary/aromatic N) is 3. The number of ether oxygens (including phenoxy) is 1. The standard InChI is InChI=1S/C23H24ClF2N3O3/c1-14-3-4-16(25)19(20(14)26)22(31)28-8-5-23(6-9-28)7-10-29(13-23)21(30)15-11-17(24)27-18(12-15)32-2/h3-4,11-12H,5-10,13H2,1-2H3. The summed E-state index contributed by atoms with van der Waals surface area (Å²) >= 11 is 6.00. The molecule has 0 N–H and O–H groups in total. The zero-order valence-corrected chi connectivity index (χ0v) is 18.7. The van der Waals surface area contributed by atoms with Crippen LogP contribution in [0.2, 0.25) is 5.15 Å².